The molecule has 5 rings (SSSR count). The van der Waals surface area contributed by atoms with E-state index in [0.29, 0.717) is 32.0 Å². The fourth-order valence-corrected chi connectivity index (χ4v) is 3.67. The highest BCUT2D eigenvalue weighted by molar-refractivity contribution is 5.75. The Morgan fingerprint density at radius 2 is 1.81 bits per heavy atom. The van der Waals surface area contributed by atoms with Crippen LogP contribution in [0.25, 0.3) is 11.0 Å². The zero-order valence-electron chi connectivity index (χ0n) is 16.9. The summed E-state index contributed by atoms with van der Waals surface area (Å²) in [4.78, 5) is 4.79. The molecule has 1 N–H and O–H groups in total. The van der Waals surface area contributed by atoms with E-state index in [1.54, 1.807) is 12.1 Å². The number of halogens is 1. The Balaban J connectivity index is 1.26. The van der Waals surface area contributed by atoms with Gasteiger partial charge in [-0.3, -0.25) is 0 Å². The molecule has 6 nitrogen and oxygen atoms in total. The van der Waals surface area contributed by atoms with Crippen molar-refractivity contribution in [1.29, 1.82) is 0 Å². The van der Waals surface area contributed by atoms with Crippen molar-refractivity contribution in [3.63, 3.8) is 0 Å². The zero-order chi connectivity index (χ0) is 21.0. The highest BCUT2D eigenvalue weighted by Crippen LogP contribution is 2.32. The van der Waals surface area contributed by atoms with Gasteiger partial charge in [-0.05, 0) is 54.1 Å². The first-order valence-corrected chi connectivity index (χ1v) is 10.2. The first kappa shape index (κ1) is 19.4. The van der Waals surface area contributed by atoms with Crippen LogP contribution in [0.5, 0.6) is 17.2 Å². The van der Waals surface area contributed by atoms with Crippen LogP contribution in [0, 0.1) is 5.82 Å². The van der Waals surface area contributed by atoms with Gasteiger partial charge in [-0.1, -0.05) is 18.2 Å². The van der Waals surface area contributed by atoms with E-state index in [9.17, 15) is 4.39 Å². The van der Waals surface area contributed by atoms with E-state index in [1.165, 1.54) is 12.1 Å². The van der Waals surface area contributed by atoms with Crippen molar-refractivity contribution in [2.45, 2.75) is 19.6 Å². The number of hydrogen-bond acceptors (Lipinski definition) is 5. The molecule has 1 aliphatic heterocycles. The maximum atomic E-state index is 13.1. The largest absolute Gasteiger partial charge is 0.492 e. The highest BCUT2D eigenvalue weighted by atomic mass is 19.1. The number of imidazole rings is 1. The summed E-state index contributed by atoms with van der Waals surface area (Å²) in [5.74, 6) is 2.87. The second kappa shape index (κ2) is 8.65. The molecular formula is C24H22FN3O3. The molecule has 0 saturated carbocycles. The molecule has 4 aromatic rings. The highest BCUT2D eigenvalue weighted by Gasteiger charge is 2.14. The van der Waals surface area contributed by atoms with Crippen LogP contribution in [0.4, 0.5) is 4.39 Å². The van der Waals surface area contributed by atoms with Crippen molar-refractivity contribution in [2.75, 3.05) is 13.4 Å². The van der Waals surface area contributed by atoms with Gasteiger partial charge in [0.05, 0.1) is 24.1 Å². The average molecular weight is 419 g/mol. The molecule has 0 radical (unpaired) electrons. The van der Waals surface area contributed by atoms with Crippen LogP contribution >= 0.6 is 0 Å². The van der Waals surface area contributed by atoms with Gasteiger partial charge in [0.15, 0.2) is 11.5 Å². The normalized spacial score (nSPS) is 12.4. The van der Waals surface area contributed by atoms with E-state index in [1.807, 2.05) is 36.4 Å². The number of nitrogens with zero attached hydrogens (tertiary/aromatic N) is 2. The number of aromatic nitrogens is 2. The first-order valence-electron chi connectivity index (χ1n) is 10.2. The summed E-state index contributed by atoms with van der Waals surface area (Å²) < 4.78 is 31.8. The molecule has 0 unspecified atom stereocenters. The lowest BCUT2D eigenvalue weighted by Gasteiger charge is -2.12. The van der Waals surface area contributed by atoms with Crippen molar-refractivity contribution in [2.24, 2.45) is 0 Å². The minimum absolute atomic E-state index is 0.274. The predicted octanol–water partition coefficient (Wildman–Crippen LogP) is 4.27. The number of nitrogens with one attached hydrogen (secondary N) is 1. The molecule has 31 heavy (non-hydrogen) atoms. The van der Waals surface area contributed by atoms with E-state index >= 15 is 0 Å². The molecule has 0 aliphatic carbocycles. The van der Waals surface area contributed by atoms with Gasteiger partial charge >= 0.3 is 0 Å². The number of benzene rings is 3. The number of para-hydroxylation sites is 2. The number of ether oxygens (including phenoxy) is 3. The molecule has 1 aliphatic rings. The SMILES string of the molecule is Fc1ccc(OCCn2c(CNCc3ccc4c(c3)OCO4)nc3ccccc32)cc1. The van der Waals surface area contributed by atoms with Crippen molar-refractivity contribution >= 4 is 11.0 Å². The van der Waals surface area contributed by atoms with E-state index in [2.05, 4.69) is 16.0 Å². The molecular weight excluding hydrogens is 397 g/mol. The van der Waals surface area contributed by atoms with Crippen molar-refractivity contribution in [3.8, 4) is 17.2 Å². The molecule has 0 saturated heterocycles. The summed E-state index contributed by atoms with van der Waals surface area (Å²) in [5, 5.41) is 3.46. The van der Waals surface area contributed by atoms with Gasteiger partial charge in [-0.15, -0.1) is 0 Å². The lowest BCUT2D eigenvalue weighted by atomic mass is 10.2. The molecule has 0 fully saturated rings. The first-order chi connectivity index (χ1) is 15.3. The minimum Gasteiger partial charge on any atom is -0.492 e. The minimum atomic E-state index is -0.274. The van der Waals surface area contributed by atoms with E-state index in [-0.39, 0.29) is 12.6 Å². The van der Waals surface area contributed by atoms with Crippen molar-refractivity contribution in [1.82, 2.24) is 14.9 Å². The van der Waals surface area contributed by atoms with Crippen LogP contribution in [0.1, 0.15) is 11.4 Å². The summed E-state index contributed by atoms with van der Waals surface area (Å²) in [5.41, 5.74) is 3.13. The van der Waals surface area contributed by atoms with Gasteiger partial charge < -0.3 is 24.1 Å². The Labute approximate surface area is 179 Å². The summed E-state index contributed by atoms with van der Waals surface area (Å²) in [6.45, 7) is 2.67. The molecule has 3 aromatic carbocycles. The fourth-order valence-electron chi connectivity index (χ4n) is 3.67. The zero-order valence-corrected chi connectivity index (χ0v) is 16.9. The Kier molecular flexibility index (Phi) is 5.41. The summed E-state index contributed by atoms with van der Waals surface area (Å²) in [6, 6.07) is 20.1. The molecule has 0 bridgehead atoms. The van der Waals surface area contributed by atoms with E-state index < -0.39 is 0 Å². The molecule has 2 heterocycles. The molecule has 0 amide bonds. The molecule has 7 heteroatoms. The van der Waals surface area contributed by atoms with Gasteiger partial charge in [0.1, 0.15) is 24.0 Å². The molecule has 1 aromatic heterocycles. The van der Waals surface area contributed by atoms with Crippen LogP contribution in [-0.2, 0) is 19.6 Å². The molecule has 0 spiro atoms. The fraction of sp³-hybridized carbons (Fsp3) is 0.208. The van der Waals surface area contributed by atoms with Gasteiger partial charge in [-0.2, -0.15) is 0 Å². The number of hydrogen-bond donors (Lipinski definition) is 1. The predicted molar refractivity (Wildman–Crippen MR) is 115 cm³/mol. The van der Waals surface area contributed by atoms with Gasteiger partial charge in [0.25, 0.3) is 0 Å². The summed E-state index contributed by atoms with van der Waals surface area (Å²) in [6.07, 6.45) is 0. The Hall–Kier alpha value is -3.58. The van der Waals surface area contributed by atoms with Gasteiger partial charge in [0.2, 0.25) is 6.79 Å². The Bertz CT molecular complexity index is 1190. The van der Waals surface area contributed by atoms with Crippen LogP contribution in [0.15, 0.2) is 66.7 Å². The van der Waals surface area contributed by atoms with Gasteiger partial charge in [-0.25, -0.2) is 9.37 Å². The molecule has 0 atom stereocenters. The van der Waals surface area contributed by atoms with E-state index in [4.69, 9.17) is 19.2 Å². The van der Waals surface area contributed by atoms with Crippen LogP contribution in [-0.4, -0.2) is 23.0 Å². The maximum absolute atomic E-state index is 13.1. The Morgan fingerprint density at radius 1 is 0.968 bits per heavy atom. The van der Waals surface area contributed by atoms with Crippen LogP contribution < -0.4 is 19.5 Å². The van der Waals surface area contributed by atoms with E-state index in [0.717, 1.165) is 33.9 Å². The second-order valence-corrected chi connectivity index (χ2v) is 7.26. The smallest absolute Gasteiger partial charge is 0.231 e. The quantitative estimate of drug-likeness (QED) is 0.462. The standard InChI is InChI=1S/C24H22FN3O3/c25-18-6-8-19(9-7-18)29-12-11-28-21-4-2-1-3-20(21)27-24(28)15-26-14-17-5-10-22-23(13-17)31-16-30-22/h1-10,13,26H,11-12,14-16H2. The van der Waals surface area contributed by atoms with Crippen molar-refractivity contribution < 1.29 is 18.6 Å². The third-order valence-electron chi connectivity index (χ3n) is 5.18. The summed E-state index contributed by atoms with van der Waals surface area (Å²) in [7, 11) is 0. The monoisotopic (exact) mass is 419 g/mol. The maximum Gasteiger partial charge on any atom is 0.231 e. The van der Waals surface area contributed by atoms with Crippen LogP contribution in [0.3, 0.4) is 0 Å². The summed E-state index contributed by atoms with van der Waals surface area (Å²) >= 11 is 0. The third kappa shape index (κ3) is 4.32. The van der Waals surface area contributed by atoms with Crippen LogP contribution in [0.2, 0.25) is 0 Å². The second-order valence-electron chi connectivity index (χ2n) is 7.26. The lowest BCUT2D eigenvalue weighted by Crippen LogP contribution is -2.18. The Morgan fingerprint density at radius 3 is 2.71 bits per heavy atom. The third-order valence-corrected chi connectivity index (χ3v) is 5.18. The number of rotatable bonds is 8. The van der Waals surface area contributed by atoms with Crippen molar-refractivity contribution in [3.05, 3.63) is 83.9 Å². The molecule has 158 valence electrons. The topological polar surface area (TPSA) is 57.5 Å². The lowest BCUT2D eigenvalue weighted by molar-refractivity contribution is 0.174. The number of fused-ring (bicyclic) bond motifs is 2. The average Bonchev–Trinajstić information content (AvgIpc) is 3.39. The van der Waals surface area contributed by atoms with Gasteiger partial charge in [0, 0.05) is 6.54 Å².